The van der Waals surface area contributed by atoms with Gasteiger partial charge < -0.3 is 0 Å². The van der Waals surface area contributed by atoms with Crippen LogP contribution in [0.1, 0.15) is 26.2 Å². The summed E-state index contributed by atoms with van der Waals surface area (Å²) in [6, 6.07) is 0. The molecular weight excluding hydrogens is 112 g/mol. The summed E-state index contributed by atoms with van der Waals surface area (Å²) in [6.45, 7) is 2.09. The molecule has 0 heterocycles. The average molecular weight is 124 g/mol. The molecule has 3 atom stereocenters. The second kappa shape index (κ2) is 1.59. The van der Waals surface area contributed by atoms with Crippen molar-refractivity contribution in [1.29, 1.82) is 0 Å². The Morgan fingerprint density at radius 2 is 2.22 bits per heavy atom. The normalized spacial score (nSPS) is 48.6. The van der Waals surface area contributed by atoms with Crippen molar-refractivity contribution >= 4 is 5.78 Å². The molecule has 2 bridgehead atoms. The van der Waals surface area contributed by atoms with E-state index in [1.54, 1.807) is 0 Å². The Morgan fingerprint density at radius 1 is 1.44 bits per heavy atom. The number of rotatable bonds is 0. The molecule has 0 amide bonds. The quantitative estimate of drug-likeness (QED) is 0.479. The minimum atomic E-state index is 0.406. The fourth-order valence-corrected chi connectivity index (χ4v) is 2.33. The zero-order valence-corrected chi connectivity index (χ0v) is 5.76. The minimum absolute atomic E-state index is 0.406. The maximum Gasteiger partial charge on any atom is 0.139 e. The summed E-state index contributed by atoms with van der Waals surface area (Å²) in [6.07, 6.45) is 3.71. The molecule has 1 heteroatoms. The van der Waals surface area contributed by atoms with Gasteiger partial charge in [0.2, 0.25) is 0 Å². The van der Waals surface area contributed by atoms with Crippen molar-refractivity contribution in [3.8, 4) is 0 Å². The van der Waals surface area contributed by atoms with E-state index >= 15 is 0 Å². The molecule has 2 aliphatic rings. The van der Waals surface area contributed by atoms with Gasteiger partial charge in [-0.05, 0) is 25.2 Å². The molecule has 2 saturated carbocycles. The van der Waals surface area contributed by atoms with E-state index in [0.29, 0.717) is 17.6 Å². The van der Waals surface area contributed by atoms with Crippen molar-refractivity contribution in [2.45, 2.75) is 26.2 Å². The number of fused-ring (bicyclic) bond motifs is 2. The third-order valence-corrected chi connectivity index (χ3v) is 3.03. The summed E-state index contributed by atoms with van der Waals surface area (Å²) in [5, 5.41) is 0. The van der Waals surface area contributed by atoms with E-state index < -0.39 is 0 Å². The van der Waals surface area contributed by atoms with E-state index in [9.17, 15) is 4.79 Å². The molecule has 0 aliphatic heterocycles. The Balaban J connectivity index is 2.25. The van der Waals surface area contributed by atoms with E-state index in [4.69, 9.17) is 0 Å². The Hall–Kier alpha value is -0.330. The first-order valence-electron chi connectivity index (χ1n) is 3.83. The lowest BCUT2D eigenvalue weighted by Crippen LogP contribution is -2.18. The van der Waals surface area contributed by atoms with Crippen molar-refractivity contribution in [2.24, 2.45) is 17.8 Å². The van der Waals surface area contributed by atoms with Gasteiger partial charge in [-0.3, -0.25) is 4.79 Å². The van der Waals surface area contributed by atoms with Crippen LogP contribution in [0.2, 0.25) is 0 Å². The predicted octanol–water partition coefficient (Wildman–Crippen LogP) is 1.62. The highest BCUT2D eigenvalue weighted by atomic mass is 16.1. The largest absolute Gasteiger partial charge is 0.299 e. The van der Waals surface area contributed by atoms with E-state index in [0.717, 1.165) is 5.92 Å². The molecule has 1 nitrogen and oxygen atoms in total. The van der Waals surface area contributed by atoms with E-state index in [2.05, 4.69) is 6.92 Å². The first kappa shape index (κ1) is 5.45. The highest BCUT2D eigenvalue weighted by Crippen LogP contribution is 2.45. The smallest absolute Gasteiger partial charge is 0.139 e. The first-order valence-corrected chi connectivity index (χ1v) is 3.83. The van der Waals surface area contributed by atoms with Crippen LogP contribution in [0.4, 0.5) is 0 Å². The molecule has 0 spiro atoms. The Morgan fingerprint density at radius 3 is 2.56 bits per heavy atom. The Kier molecular flexibility index (Phi) is 0.961. The molecule has 2 rings (SSSR count). The minimum Gasteiger partial charge on any atom is -0.299 e. The van der Waals surface area contributed by atoms with Crippen LogP contribution in [0.3, 0.4) is 0 Å². The van der Waals surface area contributed by atoms with Crippen LogP contribution in [-0.2, 0) is 4.79 Å². The van der Waals surface area contributed by atoms with Crippen molar-refractivity contribution in [3.63, 3.8) is 0 Å². The highest BCUT2D eigenvalue weighted by molar-refractivity contribution is 5.86. The van der Waals surface area contributed by atoms with Crippen molar-refractivity contribution < 1.29 is 4.79 Å². The summed E-state index contributed by atoms with van der Waals surface area (Å²) < 4.78 is 0. The molecule has 0 saturated heterocycles. The van der Waals surface area contributed by atoms with Crippen molar-refractivity contribution in [2.75, 3.05) is 0 Å². The maximum absolute atomic E-state index is 11.2. The maximum atomic E-state index is 11.2. The zero-order valence-electron chi connectivity index (χ0n) is 5.76. The summed E-state index contributed by atoms with van der Waals surface area (Å²) in [4.78, 5) is 11.2. The van der Waals surface area contributed by atoms with Crippen LogP contribution in [0.15, 0.2) is 0 Å². The lowest BCUT2D eigenvalue weighted by Gasteiger charge is -2.14. The SMILES string of the molecule is CC1C(=O)[C@@H]2CC[C@H]1C2. The lowest BCUT2D eigenvalue weighted by atomic mass is 9.89. The summed E-state index contributed by atoms with van der Waals surface area (Å²) in [7, 11) is 0. The number of hydrogen-bond donors (Lipinski definition) is 0. The molecule has 2 fully saturated rings. The Bertz CT molecular complexity index is 147. The highest BCUT2D eigenvalue weighted by Gasteiger charge is 2.43. The molecule has 0 radical (unpaired) electrons. The van der Waals surface area contributed by atoms with Gasteiger partial charge in [0, 0.05) is 11.8 Å². The molecule has 2 aliphatic carbocycles. The van der Waals surface area contributed by atoms with E-state index in [1.165, 1.54) is 19.3 Å². The number of carbonyl (C=O) groups excluding carboxylic acids is 1. The van der Waals surface area contributed by atoms with Gasteiger partial charge in [0.05, 0.1) is 0 Å². The average Bonchev–Trinajstić information content (AvgIpc) is 2.37. The van der Waals surface area contributed by atoms with Gasteiger partial charge in [-0.1, -0.05) is 6.92 Å². The van der Waals surface area contributed by atoms with Gasteiger partial charge in [0.15, 0.2) is 0 Å². The first-order chi connectivity index (χ1) is 4.29. The second-order valence-electron chi connectivity index (χ2n) is 3.46. The van der Waals surface area contributed by atoms with Gasteiger partial charge in [0.1, 0.15) is 5.78 Å². The lowest BCUT2D eigenvalue weighted by molar-refractivity contribution is -0.125. The fraction of sp³-hybridized carbons (Fsp3) is 0.875. The fourth-order valence-electron chi connectivity index (χ4n) is 2.33. The summed E-state index contributed by atoms with van der Waals surface area (Å²) in [5.41, 5.74) is 0. The second-order valence-corrected chi connectivity index (χ2v) is 3.46. The zero-order chi connectivity index (χ0) is 6.43. The molecule has 50 valence electrons. The summed E-state index contributed by atoms with van der Waals surface area (Å²) in [5.74, 6) is 2.20. The standard InChI is InChI=1S/C8H12O/c1-5-6-2-3-7(4-6)8(5)9/h5-7H,2-4H2,1H3/t5?,6-,7+/m0/s1. The molecule has 0 aromatic carbocycles. The van der Waals surface area contributed by atoms with E-state index in [-0.39, 0.29) is 0 Å². The number of hydrogen-bond acceptors (Lipinski definition) is 1. The van der Waals surface area contributed by atoms with Gasteiger partial charge in [-0.2, -0.15) is 0 Å². The predicted molar refractivity (Wildman–Crippen MR) is 35.0 cm³/mol. The number of carbonyl (C=O) groups is 1. The summed E-state index contributed by atoms with van der Waals surface area (Å²) >= 11 is 0. The molecular formula is C8H12O. The number of ketones is 1. The molecule has 0 aromatic heterocycles. The van der Waals surface area contributed by atoms with Gasteiger partial charge in [-0.25, -0.2) is 0 Å². The van der Waals surface area contributed by atoms with Gasteiger partial charge >= 0.3 is 0 Å². The molecule has 9 heavy (non-hydrogen) atoms. The molecule has 0 aromatic rings. The number of Topliss-reactive ketones (excluding diaryl/α,β-unsaturated/α-hetero) is 1. The third kappa shape index (κ3) is 0.577. The molecule has 0 N–H and O–H groups in total. The molecule has 1 unspecified atom stereocenters. The van der Waals surface area contributed by atoms with Crippen molar-refractivity contribution in [1.82, 2.24) is 0 Å². The van der Waals surface area contributed by atoms with Crippen LogP contribution in [0.5, 0.6) is 0 Å². The van der Waals surface area contributed by atoms with E-state index in [1.807, 2.05) is 0 Å². The van der Waals surface area contributed by atoms with Crippen LogP contribution in [-0.4, -0.2) is 5.78 Å². The van der Waals surface area contributed by atoms with Crippen LogP contribution in [0.25, 0.3) is 0 Å². The Labute approximate surface area is 55.4 Å². The topological polar surface area (TPSA) is 17.1 Å². The van der Waals surface area contributed by atoms with Gasteiger partial charge in [-0.15, -0.1) is 0 Å². The van der Waals surface area contributed by atoms with Crippen molar-refractivity contribution in [3.05, 3.63) is 0 Å². The third-order valence-electron chi connectivity index (χ3n) is 3.03. The monoisotopic (exact) mass is 124 g/mol. The van der Waals surface area contributed by atoms with Gasteiger partial charge in [0.25, 0.3) is 0 Å². The van der Waals surface area contributed by atoms with Crippen LogP contribution < -0.4 is 0 Å². The van der Waals surface area contributed by atoms with Crippen LogP contribution >= 0.6 is 0 Å². The van der Waals surface area contributed by atoms with Crippen LogP contribution in [0, 0.1) is 17.8 Å².